The van der Waals surface area contributed by atoms with Crippen molar-refractivity contribution in [3.63, 3.8) is 0 Å². The number of carbonyl (C=O) groups excluding carboxylic acids is 2. The first kappa shape index (κ1) is 42.0. The van der Waals surface area contributed by atoms with E-state index in [-0.39, 0.29) is 0 Å². The lowest BCUT2D eigenvalue weighted by Crippen LogP contribution is -2.27. The number of ether oxygens (including phenoxy) is 2. The molecule has 0 saturated carbocycles. The minimum atomic E-state index is -0.453. The molecule has 0 saturated heterocycles. The van der Waals surface area contributed by atoms with Gasteiger partial charge in [0.2, 0.25) is 0 Å². The molecular weight excluding hydrogens is 713 g/mol. The maximum atomic E-state index is 13.5. The fourth-order valence-corrected chi connectivity index (χ4v) is 12.7. The number of fused-ring (bicyclic) bond motifs is 6. The van der Waals surface area contributed by atoms with Crippen molar-refractivity contribution in [2.75, 3.05) is 14.2 Å². The van der Waals surface area contributed by atoms with Crippen LogP contribution >= 0.6 is 0 Å². The second-order valence-electron chi connectivity index (χ2n) is 16.9. The van der Waals surface area contributed by atoms with E-state index < -0.39 is 11.9 Å². The average Bonchev–Trinajstić information content (AvgIpc) is 3.25. The molecule has 7 rings (SSSR count). The molecule has 0 unspecified atom stereocenters. The largest absolute Gasteiger partial charge is 0.465 e. The Labute approximate surface area is 349 Å². The van der Waals surface area contributed by atoms with Crippen LogP contribution in [0.1, 0.15) is 212 Å². The zero-order valence-electron chi connectivity index (χ0n) is 37.9. The van der Waals surface area contributed by atoms with Crippen molar-refractivity contribution in [3.8, 4) is 0 Å². The van der Waals surface area contributed by atoms with Gasteiger partial charge in [-0.3, -0.25) is 0 Å². The van der Waals surface area contributed by atoms with Crippen molar-refractivity contribution in [2.24, 2.45) is 0 Å². The van der Waals surface area contributed by atoms with Crippen molar-refractivity contribution in [1.29, 1.82) is 0 Å². The fraction of sp³-hybridized carbons (Fsp3) is 0.519. The maximum absolute atomic E-state index is 13.5. The van der Waals surface area contributed by atoms with Crippen LogP contribution in [-0.4, -0.2) is 26.2 Å². The standard InChI is InChI=1S/C54H68O4/c1-13-29-30(14-2)32(16-4)40-24-42-34(18-6)44-26-46-36(20-8)48-28-50-38(22-10)52(54(56)58-12)51(53(55)57-11)37(21-9)49(50)27-47(48)35(19-7)45(46)25-43(44)33(17-5)41(42)23-39(40)31(29)15-3/h13-28H2,1-12H3. The first-order valence-corrected chi connectivity index (χ1v) is 23.0. The molecule has 0 aromatic heterocycles. The number of hydrogen-bond acceptors (Lipinski definition) is 4. The summed E-state index contributed by atoms with van der Waals surface area (Å²) in [6.45, 7) is 23.2. The first-order valence-electron chi connectivity index (χ1n) is 23.0. The number of carbonyl (C=O) groups is 2. The van der Waals surface area contributed by atoms with Gasteiger partial charge >= 0.3 is 11.9 Å². The van der Waals surface area contributed by atoms with Crippen LogP contribution in [0, 0.1) is 0 Å². The zero-order valence-corrected chi connectivity index (χ0v) is 37.9. The fourth-order valence-electron chi connectivity index (χ4n) is 12.7. The van der Waals surface area contributed by atoms with Gasteiger partial charge in [-0.15, -0.1) is 0 Å². The van der Waals surface area contributed by atoms with Crippen LogP contribution < -0.4 is 0 Å². The van der Waals surface area contributed by atoms with Gasteiger partial charge in [0.15, 0.2) is 0 Å². The monoisotopic (exact) mass is 781 g/mol. The Hall–Kier alpha value is -4.18. The molecule has 58 heavy (non-hydrogen) atoms. The number of methoxy groups -OCH3 is 2. The van der Waals surface area contributed by atoms with Crippen molar-refractivity contribution < 1.29 is 19.1 Å². The Morgan fingerprint density at radius 2 is 0.466 bits per heavy atom. The normalized spacial score (nSPS) is 13.6. The van der Waals surface area contributed by atoms with Gasteiger partial charge in [-0.2, -0.15) is 0 Å². The van der Waals surface area contributed by atoms with Crippen LogP contribution in [0.15, 0.2) is 0 Å². The summed E-state index contributed by atoms with van der Waals surface area (Å²) in [4.78, 5) is 27.1. The van der Waals surface area contributed by atoms with Crippen LogP contribution in [-0.2, 0) is 112 Å². The van der Waals surface area contributed by atoms with Crippen molar-refractivity contribution in [1.82, 2.24) is 0 Å². The van der Waals surface area contributed by atoms with Gasteiger partial charge in [-0.1, -0.05) is 69.2 Å². The van der Waals surface area contributed by atoms with Gasteiger partial charge in [-0.05, 0) is 225 Å². The van der Waals surface area contributed by atoms with Gasteiger partial charge in [-0.25, -0.2) is 9.59 Å². The molecule has 0 heterocycles. The summed E-state index contributed by atoms with van der Waals surface area (Å²) in [5, 5.41) is 0. The molecule has 0 bridgehead atoms. The number of rotatable bonds is 12. The lowest BCUT2D eigenvalue weighted by atomic mass is 9.66. The highest BCUT2D eigenvalue weighted by Crippen LogP contribution is 2.48. The third-order valence-electron chi connectivity index (χ3n) is 14.9. The van der Waals surface area contributed by atoms with Gasteiger partial charge < -0.3 is 9.47 Å². The molecular formula is C54H68O4. The van der Waals surface area contributed by atoms with Crippen LogP contribution in [0.4, 0.5) is 0 Å². The molecule has 0 atom stereocenters. The molecule has 3 aliphatic carbocycles. The lowest BCUT2D eigenvalue weighted by molar-refractivity contribution is 0.0553. The molecule has 0 radical (unpaired) electrons. The molecule has 0 aliphatic heterocycles. The predicted octanol–water partition coefficient (Wildman–Crippen LogP) is 11.4. The van der Waals surface area contributed by atoms with E-state index in [9.17, 15) is 9.59 Å². The summed E-state index contributed by atoms with van der Waals surface area (Å²) in [7, 11) is 2.83. The second-order valence-corrected chi connectivity index (χ2v) is 16.9. The number of benzene rings is 4. The Balaban J connectivity index is 1.46. The second kappa shape index (κ2) is 16.8. The highest BCUT2D eigenvalue weighted by molar-refractivity contribution is 6.06. The Bertz CT molecular complexity index is 2190. The number of hydrogen-bond donors (Lipinski definition) is 0. The van der Waals surface area contributed by atoms with Gasteiger partial charge in [0.1, 0.15) is 0 Å². The SMILES string of the molecule is CCc1c(CC)c(CC)c2c(c1CC)Cc1c(CC)c3c(c(CC)c1C2)Cc1c(CC)c2c(c(CC)c1C3)Cc1c(c(CC)c(C(=O)OC)c(C(=O)OC)c1CC)C2. The Morgan fingerprint density at radius 1 is 0.293 bits per heavy atom. The molecule has 4 nitrogen and oxygen atoms in total. The summed E-state index contributed by atoms with van der Waals surface area (Å²) in [5.41, 5.74) is 33.9. The molecule has 0 spiro atoms. The molecule has 4 aromatic carbocycles. The highest BCUT2D eigenvalue weighted by atomic mass is 16.5. The van der Waals surface area contributed by atoms with E-state index in [1.54, 1.807) is 77.9 Å². The smallest absolute Gasteiger partial charge is 0.339 e. The maximum Gasteiger partial charge on any atom is 0.339 e. The summed E-state index contributed by atoms with van der Waals surface area (Å²) in [5.74, 6) is -0.905. The molecule has 4 heteroatoms. The van der Waals surface area contributed by atoms with E-state index in [2.05, 4.69) is 69.2 Å². The zero-order chi connectivity index (χ0) is 41.7. The highest BCUT2D eigenvalue weighted by Gasteiger charge is 2.38. The average molecular weight is 781 g/mol. The third-order valence-corrected chi connectivity index (χ3v) is 14.9. The molecule has 0 fully saturated rings. The van der Waals surface area contributed by atoms with Crippen LogP contribution in [0.3, 0.4) is 0 Å². The van der Waals surface area contributed by atoms with Crippen LogP contribution in [0.25, 0.3) is 0 Å². The van der Waals surface area contributed by atoms with Gasteiger partial charge in [0, 0.05) is 0 Å². The third kappa shape index (κ3) is 6.12. The van der Waals surface area contributed by atoms with Gasteiger partial charge in [0.25, 0.3) is 0 Å². The van der Waals surface area contributed by atoms with Crippen LogP contribution in [0.5, 0.6) is 0 Å². The van der Waals surface area contributed by atoms with Crippen molar-refractivity contribution >= 4 is 11.9 Å². The van der Waals surface area contributed by atoms with Gasteiger partial charge in [0.05, 0.1) is 25.3 Å². The van der Waals surface area contributed by atoms with E-state index in [1.807, 2.05) is 0 Å². The summed E-state index contributed by atoms with van der Waals surface area (Å²) >= 11 is 0. The minimum Gasteiger partial charge on any atom is -0.465 e. The minimum absolute atomic E-state index is 0.400. The summed E-state index contributed by atoms with van der Waals surface area (Å²) in [6.07, 6.45) is 15.5. The Morgan fingerprint density at radius 3 is 0.638 bits per heavy atom. The molecule has 4 aromatic rings. The summed E-state index contributed by atoms with van der Waals surface area (Å²) < 4.78 is 10.7. The van der Waals surface area contributed by atoms with E-state index >= 15 is 0 Å². The Kier molecular flexibility index (Phi) is 12.2. The molecule has 0 amide bonds. The quantitative estimate of drug-likeness (QED) is 0.116. The van der Waals surface area contributed by atoms with E-state index in [1.165, 1.54) is 47.6 Å². The van der Waals surface area contributed by atoms with Crippen molar-refractivity contribution in [3.05, 3.63) is 134 Å². The van der Waals surface area contributed by atoms with E-state index in [0.29, 0.717) is 24.0 Å². The van der Waals surface area contributed by atoms with Crippen molar-refractivity contribution in [2.45, 2.75) is 172 Å². The lowest BCUT2D eigenvalue weighted by Gasteiger charge is -2.38. The molecule has 308 valence electrons. The molecule has 0 N–H and O–H groups in total. The molecule has 3 aliphatic rings. The first-order chi connectivity index (χ1) is 28.1. The summed E-state index contributed by atoms with van der Waals surface area (Å²) in [6, 6.07) is 0. The predicted molar refractivity (Wildman–Crippen MR) is 239 cm³/mol. The number of esters is 2. The topological polar surface area (TPSA) is 52.6 Å². The van der Waals surface area contributed by atoms with E-state index in [4.69, 9.17) is 9.47 Å². The van der Waals surface area contributed by atoms with Crippen LogP contribution in [0.2, 0.25) is 0 Å². The van der Waals surface area contributed by atoms with E-state index in [0.717, 1.165) is 101 Å².